The van der Waals surface area contributed by atoms with Gasteiger partial charge in [-0.05, 0) is 25.1 Å². The third-order valence-electron chi connectivity index (χ3n) is 2.93. The Balaban J connectivity index is 1.86. The molecule has 5 nitrogen and oxygen atoms in total. The molecule has 0 radical (unpaired) electrons. The van der Waals surface area contributed by atoms with Crippen molar-refractivity contribution < 1.29 is 24.1 Å². The van der Waals surface area contributed by atoms with Crippen molar-refractivity contribution in [3.05, 3.63) is 52.0 Å². The van der Waals surface area contributed by atoms with Crippen LogP contribution in [0.5, 0.6) is 17.2 Å². The van der Waals surface area contributed by atoms with Gasteiger partial charge in [-0.15, -0.1) is 0 Å². The van der Waals surface area contributed by atoms with Crippen LogP contribution in [0.25, 0.3) is 0 Å². The Morgan fingerprint density at radius 2 is 1.79 bits per heavy atom. The first-order chi connectivity index (χ1) is 11.5. The maximum Gasteiger partial charge on any atom is 0.338 e. The molecule has 0 aromatic heterocycles. The molecular formula is C17H16Cl2O5. The predicted molar refractivity (Wildman–Crippen MR) is 91.5 cm³/mol. The molecular weight excluding hydrogens is 355 g/mol. The summed E-state index contributed by atoms with van der Waals surface area (Å²) in [6.07, 6.45) is 0. The molecule has 0 heterocycles. The van der Waals surface area contributed by atoms with Gasteiger partial charge in [0.25, 0.3) is 0 Å². The van der Waals surface area contributed by atoms with E-state index in [2.05, 4.69) is 0 Å². The van der Waals surface area contributed by atoms with Crippen LogP contribution in [0, 0.1) is 0 Å². The number of ether oxygens (including phenoxy) is 3. The van der Waals surface area contributed by atoms with Crippen LogP contribution in [0.3, 0.4) is 0 Å². The lowest BCUT2D eigenvalue weighted by atomic mass is 10.2. The molecule has 0 aliphatic carbocycles. The number of aromatic hydroxyl groups is 1. The minimum absolute atomic E-state index is 0.0191. The lowest BCUT2D eigenvalue weighted by Gasteiger charge is -2.11. The quantitative estimate of drug-likeness (QED) is 0.580. The number of phenols is 1. The molecule has 128 valence electrons. The number of hydrogen-bond acceptors (Lipinski definition) is 5. The maximum atomic E-state index is 12.0. The Morgan fingerprint density at radius 1 is 1.08 bits per heavy atom. The Morgan fingerprint density at radius 3 is 2.46 bits per heavy atom. The van der Waals surface area contributed by atoms with Gasteiger partial charge in [-0.3, -0.25) is 0 Å². The van der Waals surface area contributed by atoms with Crippen LogP contribution in [0.1, 0.15) is 17.3 Å². The summed E-state index contributed by atoms with van der Waals surface area (Å²) < 4.78 is 15.9. The van der Waals surface area contributed by atoms with Gasteiger partial charge in [0, 0.05) is 12.1 Å². The maximum absolute atomic E-state index is 12.0. The first kappa shape index (κ1) is 18.2. The summed E-state index contributed by atoms with van der Waals surface area (Å²) in [7, 11) is 0. The van der Waals surface area contributed by atoms with Crippen molar-refractivity contribution in [3.8, 4) is 17.2 Å². The molecule has 0 spiro atoms. The van der Waals surface area contributed by atoms with Crippen LogP contribution >= 0.6 is 23.2 Å². The molecule has 0 saturated carbocycles. The van der Waals surface area contributed by atoms with E-state index in [4.69, 9.17) is 37.4 Å². The molecule has 0 atom stereocenters. The van der Waals surface area contributed by atoms with Crippen molar-refractivity contribution in [1.82, 2.24) is 0 Å². The SMILES string of the molecule is CCOc1cccc(C(=O)OCCOc2c(Cl)cc(O)cc2Cl)c1. The molecule has 24 heavy (non-hydrogen) atoms. The van der Waals surface area contributed by atoms with E-state index in [0.717, 1.165) is 0 Å². The van der Waals surface area contributed by atoms with Crippen molar-refractivity contribution in [2.45, 2.75) is 6.92 Å². The van der Waals surface area contributed by atoms with E-state index >= 15 is 0 Å². The van der Waals surface area contributed by atoms with E-state index in [1.54, 1.807) is 24.3 Å². The van der Waals surface area contributed by atoms with Crippen molar-refractivity contribution >= 4 is 29.2 Å². The van der Waals surface area contributed by atoms with Crippen molar-refractivity contribution in [3.63, 3.8) is 0 Å². The standard InChI is InChI=1S/C17H16Cl2O5/c1-2-22-13-5-3-4-11(8-13)17(21)24-7-6-23-16-14(18)9-12(20)10-15(16)19/h3-5,8-10,20H,2,6-7H2,1H3. The number of esters is 1. The normalized spacial score (nSPS) is 10.3. The highest BCUT2D eigenvalue weighted by Gasteiger charge is 2.11. The third-order valence-corrected chi connectivity index (χ3v) is 3.49. The second-order valence-corrected chi connectivity index (χ2v) is 5.50. The lowest BCUT2D eigenvalue weighted by molar-refractivity contribution is 0.0450. The van der Waals surface area contributed by atoms with Crippen molar-refractivity contribution in [2.24, 2.45) is 0 Å². The Kier molecular flexibility index (Phi) is 6.58. The van der Waals surface area contributed by atoms with Crippen LogP contribution in [0.2, 0.25) is 10.0 Å². The van der Waals surface area contributed by atoms with E-state index < -0.39 is 5.97 Å². The second-order valence-electron chi connectivity index (χ2n) is 4.68. The van der Waals surface area contributed by atoms with Gasteiger partial charge in [-0.1, -0.05) is 29.3 Å². The van der Waals surface area contributed by atoms with Crippen LogP contribution in [-0.4, -0.2) is 30.9 Å². The minimum Gasteiger partial charge on any atom is -0.508 e. The average molecular weight is 371 g/mol. The predicted octanol–water partition coefficient (Wildman–Crippen LogP) is 4.33. The van der Waals surface area contributed by atoms with E-state index in [0.29, 0.717) is 17.9 Å². The summed E-state index contributed by atoms with van der Waals surface area (Å²) in [4.78, 5) is 12.0. The fourth-order valence-corrected chi connectivity index (χ4v) is 2.51. The molecule has 2 rings (SSSR count). The summed E-state index contributed by atoms with van der Waals surface area (Å²) in [6, 6.07) is 9.36. The zero-order valence-electron chi connectivity index (χ0n) is 12.9. The number of benzene rings is 2. The number of hydrogen-bond donors (Lipinski definition) is 1. The molecule has 7 heteroatoms. The molecule has 2 aromatic rings. The lowest BCUT2D eigenvalue weighted by Crippen LogP contribution is -2.12. The number of carbonyl (C=O) groups is 1. The van der Waals surface area contributed by atoms with E-state index in [1.807, 2.05) is 6.92 Å². The minimum atomic E-state index is -0.483. The fourth-order valence-electron chi connectivity index (χ4n) is 1.93. The molecule has 0 aliphatic rings. The summed E-state index contributed by atoms with van der Waals surface area (Å²) in [5, 5.41) is 9.70. The van der Waals surface area contributed by atoms with Gasteiger partial charge in [0.05, 0.1) is 22.2 Å². The van der Waals surface area contributed by atoms with Gasteiger partial charge in [-0.2, -0.15) is 0 Å². The monoisotopic (exact) mass is 370 g/mol. The third kappa shape index (κ3) is 4.94. The summed E-state index contributed by atoms with van der Waals surface area (Å²) in [5.74, 6) is 0.289. The van der Waals surface area contributed by atoms with E-state index in [1.165, 1.54) is 12.1 Å². The van der Waals surface area contributed by atoms with Crippen molar-refractivity contribution in [1.29, 1.82) is 0 Å². The largest absolute Gasteiger partial charge is 0.508 e. The van der Waals surface area contributed by atoms with Gasteiger partial charge >= 0.3 is 5.97 Å². The molecule has 2 aromatic carbocycles. The van der Waals surface area contributed by atoms with E-state index in [-0.39, 0.29) is 34.8 Å². The highest BCUT2D eigenvalue weighted by Crippen LogP contribution is 2.36. The van der Waals surface area contributed by atoms with Gasteiger partial charge in [0.15, 0.2) is 5.75 Å². The smallest absolute Gasteiger partial charge is 0.338 e. The highest BCUT2D eigenvalue weighted by atomic mass is 35.5. The average Bonchev–Trinajstić information content (AvgIpc) is 2.53. The summed E-state index contributed by atoms with van der Waals surface area (Å²) in [5.41, 5.74) is 0.390. The molecule has 0 unspecified atom stereocenters. The highest BCUT2D eigenvalue weighted by molar-refractivity contribution is 6.37. The molecule has 0 bridgehead atoms. The molecule has 0 aliphatic heterocycles. The number of carbonyl (C=O) groups excluding carboxylic acids is 1. The van der Waals surface area contributed by atoms with Gasteiger partial charge in [0.2, 0.25) is 0 Å². The molecule has 0 saturated heterocycles. The van der Waals surface area contributed by atoms with Crippen LogP contribution in [0.15, 0.2) is 36.4 Å². The zero-order valence-corrected chi connectivity index (χ0v) is 14.4. The Bertz CT molecular complexity index is 695. The number of halogens is 2. The Labute approximate surface area is 149 Å². The topological polar surface area (TPSA) is 65.0 Å². The first-order valence-electron chi connectivity index (χ1n) is 7.22. The molecule has 0 amide bonds. The Hall–Kier alpha value is -2.11. The van der Waals surface area contributed by atoms with Crippen LogP contribution in [0.4, 0.5) is 0 Å². The molecule has 1 N–H and O–H groups in total. The van der Waals surface area contributed by atoms with E-state index in [9.17, 15) is 9.90 Å². The van der Waals surface area contributed by atoms with Crippen LogP contribution < -0.4 is 9.47 Å². The zero-order chi connectivity index (χ0) is 17.5. The summed E-state index contributed by atoms with van der Waals surface area (Å²) in [6.45, 7) is 2.47. The fraction of sp³-hybridized carbons (Fsp3) is 0.235. The number of rotatable bonds is 7. The van der Waals surface area contributed by atoms with Gasteiger partial charge < -0.3 is 19.3 Å². The van der Waals surface area contributed by atoms with Crippen molar-refractivity contribution in [2.75, 3.05) is 19.8 Å². The number of phenolic OH excluding ortho intramolecular Hbond substituents is 1. The van der Waals surface area contributed by atoms with Gasteiger partial charge in [-0.25, -0.2) is 4.79 Å². The van der Waals surface area contributed by atoms with Gasteiger partial charge in [0.1, 0.15) is 24.7 Å². The first-order valence-corrected chi connectivity index (χ1v) is 7.97. The van der Waals surface area contributed by atoms with Crippen LogP contribution in [-0.2, 0) is 4.74 Å². The summed E-state index contributed by atoms with van der Waals surface area (Å²) >= 11 is 11.9. The second kappa shape index (κ2) is 8.66. The molecule has 0 fully saturated rings.